The molecular formula is C42H49N5O10S. The molecule has 5 atom stereocenters. The van der Waals surface area contributed by atoms with Gasteiger partial charge in [-0.05, 0) is 83.6 Å². The van der Waals surface area contributed by atoms with Crippen molar-refractivity contribution in [3.63, 3.8) is 0 Å². The Morgan fingerprint density at radius 1 is 1.03 bits per heavy atom. The first-order valence-electron chi connectivity index (χ1n) is 20.0. The number of aromatic nitrogens is 1. The highest BCUT2D eigenvalue weighted by molar-refractivity contribution is 7.91. The van der Waals surface area contributed by atoms with Gasteiger partial charge in [0.1, 0.15) is 46.2 Å². The molecule has 15 nitrogen and oxygen atoms in total. The second-order valence-corrected chi connectivity index (χ2v) is 18.8. The van der Waals surface area contributed by atoms with Gasteiger partial charge in [-0.25, -0.2) is 18.2 Å². The molecule has 308 valence electrons. The molecule has 0 spiro atoms. The van der Waals surface area contributed by atoms with Gasteiger partial charge in [0.05, 0.1) is 24.4 Å². The number of fused-ring (bicyclic) bond motifs is 6. The van der Waals surface area contributed by atoms with Crippen LogP contribution in [0.15, 0.2) is 59.0 Å². The van der Waals surface area contributed by atoms with E-state index in [0.29, 0.717) is 71.2 Å². The number of ether oxygens (including phenoxy) is 3. The van der Waals surface area contributed by atoms with Gasteiger partial charge in [-0.2, -0.15) is 0 Å². The van der Waals surface area contributed by atoms with E-state index in [9.17, 15) is 27.6 Å². The molecule has 3 fully saturated rings. The maximum absolute atomic E-state index is 14.7. The first kappa shape index (κ1) is 39.4. The lowest BCUT2D eigenvalue weighted by molar-refractivity contribution is -0.141. The number of hydrogen-bond donors (Lipinski definition) is 3. The number of sulfonamides is 1. The van der Waals surface area contributed by atoms with Gasteiger partial charge in [0, 0.05) is 29.2 Å². The second-order valence-electron chi connectivity index (χ2n) is 16.8. The molecule has 4 aromatic rings. The zero-order valence-corrected chi connectivity index (χ0v) is 33.9. The predicted molar refractivity (Wildman–Crippen MR) is 215 cm³/mol. The summed E-state index contributed by atoms with van der Waals surface area (Å²) in [7, 11) is -2.35. The minimum absolute atomic E-state index is 0.0109. The lowest BCUT2D eigenvalue weighted by atomic mass is 10.0. The van der Waals surface area contributed by atoms with E-state index in [-0.39, 0.29) is 19.4 Å². The zero-order chi connectivity index (χ0) is 41.0. The van der Waals surface area contributed by atoms with Crippen LogP contribution in [0.1, 0.15) is 78.6 Å². The summed E-state index contributed by atoms with van der Waals surface area (Å²) >= 11 is 0. The highest BCUT2D eigenvalue weighted by Crippen LogP contribution is 2.46. The second kappa shape index (κ2) is 15.1. The maximum Gasteiger partial charge on any atom is 0.408 e. The van der Waals surface area contributed by atoms with E-state index in [0.717, 1.165) is 18.2 Å². The van der Waals surface area contributed by atoms with Crippen LogP contribution in [-0.4, -0.2) is 90.3 Å². The Balaban J connectivity index is 1.16. The summed E-state index contributed by atoms with van der Waals surface area (Å²) in [6.07, 6.45) is 6.53. The molecule has 3 N–H and O–H groups in total. The first-order valence-corrected chi connectivity index (χ1v) is 21.5. The molecule has 0 bridgehead atoms. The summed E-state index contributed by atoms with van der Waals surface area (Å²) in [5.41, 5.74) is -0.213. The summed E-state index contributed by atoms with van der Waals surface area (Å²) in [4.78, 5) is 62.6. The smallest absolute Gasteiger partial charge is 0.408 e. The number of allylic oxidation sites excluding steroid dienone is 1. The van der Waals surface area contributed by atoms with Crippen molar-refractivity contribution < 1.29 is 46.2 Å². The molecule has 2 aliphatic heterocycles. The number of carbonyl (C=O) groups is 4. The third-order valence-electron chi connectivity index (χ3n) is 11.3. The quantitative estimate of drug-likeness (QED) is 0.203. The fourth-order valence-corrected chi connectivity index (χ4v) is 9.41. The number of nitrogens with zero attached hydrogens (tertiary/aromatic N) is 2. The molecule has 16 heteroatoms. The van der Waals surface area contributed by atoms with Crippen molar-refractivity contribution in [2.24, 2.45) is 5.92 Å². The van der Waals surface area contributed by atoms with E-state index in [4.69, 9.17) is 23.6 Å². The van der Waals surface area contributed by atoms with Crippen molar-refractivity contribution in [3.8, 4) is 11.5 Å². The molecule has 0 unspecified atom stereocenters. The number of rotatable bonds is 7. The number of furan rings is 1. The molecule has 2 aromatic heterocycles. The number of para-hydroxylation sites is 1. The SMILES string of the molecule is COc1ccc2c(O[C@H]3C[C@H]4C(=O)N[C@]5(C(=O)NS(=O)(=O)C6CC6)C[C@H]5/C=C\CCCCC[C@@H](NC(=O)OC(C)(C)C)C(=O)N4C3)c3oc4ccccc4c3nc2c1. The summed E-state index contributed by atoms with van der Waals surface area (Å²) in [6.45, 7) is 5.13. The monoisotopic (exact) mass is 815 g/mol. The van der Waals surface area contributed by atoms with Crippen LogP contribution in [0.3, 0.4) is 0 Å². The number of nitrogens with one attached hydrogen (secondary N) is 3. The average Bonchev–Trinajstić information content (AvgIpc) is 4.07. The third-order valence-corrected chi connectivity index (χ3v) is 13.1. The Bertz CT molecular complexity index is 2440. The third kappa shape index (κ3) is 7.90. The van der Waals surface area contributed by atoms with Crippen molar-refractivity contribution in [1.82, 2.24) is 25.2 Å². The maximum atomic E-state index is 14.7. The van der Waals surface area contributed by atoms with Gasteiger partial charge in [0.15, 0.2) is 11.3 Å². The van der Waals surface area contributed by atoms with E-state index in [2.05, 4.69) is 15.4 Å². The number of benzene rings is 2. The van der Waals surface area contributed by atoms with Crippen LogP contribution in [0.25, 0.3) is 33.0 Å². The summed E-state index contributed by atoms with van der Waals surface area (Å²) < 4.78 is 52.3. The van der Waals surface area contributed by atoms with Crippen molar-refractivity contribution >= 4 is 66.8 Å². The predicted octanol–water partition coefficient (Wildman–Crippen LogP) is 5.39. The summed E-state index contributed by atoms with van der Waals surface area (Å²) in [5, 5.41) is 6.42. The van der Waals surface area contributed by atoms with Crippen LogP contribution < -0.4 is 24.8 Å². The number of alkyl carbamates (subject to hydrolysis) is 1. The number of hydrogen-bond acceptors (Lipinski definition) is 11. The molecule has 1 saturated heterocycles. The van der Waals surface area contributed by atoms with Gasteiger partial charge in [0.2, 0.25) is 21.8 Å². The van der Waals surface area contributed by atoms with Crippen molar-refractivity contribution in [2.75, 3.05) is 13.7 Å². The van der Waals surface area contributed by atoms with Gasteiger partial charge in [0.25, 0.3) is 5.91 Å². The Morgan fingerprint density at radius 3 is 2.59 bits per heavy atom. The Labute approximate surface area is 336 Å². The fraction of sp³-hybridized carbons (Fsp3) is 0.500. The van der Waals surface area contributed by atoms with Crippen LogP contribution in [0.5, 0.6) is 11.5 Å². The Morgan fingerprint density at radius 2 is 1.83 bits per heavy atom. The van der Waals surface area contributed by atoms with Crippen LogP contribution in [-0.2, 0) is 29.1 Å². The fourth-order valence-electron chi connectivity index (χ4n) is 8.04. The lowest BCUT2D eigenvalue weighted by Crippen LogP contribution is -2.58. The summed E-state index contributed by atoms with van der Waals surface area (Å²) in [5.74, 6) is -1.44. The number of methoxy groups -OCH3 is 1. The summed E-state index contributed by atoms with van der Waals surface area (Å²) in [6, 6.07) is 10.7. The van der Waals surface area contributed by atoms with Gasteiger partial charge in [-0.1, -0.05) is 37.1 Å². The average molecular weight is 816 g/mol. The zero-order valence-electron chi connectivity index (χ0n) is 33.0. The first-order chi connectivity index (χ1) is 27.7. The van der Waals surface area contributed by atoms with Crippen molar-refractivity contribution in [3.05, 3.63) is 54.6 Å². The van der Waals surface area contributed by atoms with Crippen LogP contribution in [0.4, 0.5) is 4.79 Å². The minimum atomic E-state index is -3.92. The highest BCUT2D eigenvalue weighted by atomic mass is 32.2. The lowest BCUT2D eigenvalue weighted by Gasteiger charge is -2.30. The molecule has 58 heavy (non-hydrogen) atoms. The topological polar surface area (TPSA) is 195 Å². The molecule has 4 heterocycles. The van der Waals surface area contributed by atoms with E-state index in [1.165, 1.54) is 4.90 Å². The molecule has 2 saturated carbocycles. The number of pyridine rings is 1. The highest BCUT2D eigenvalue weighted by Gasteiger charge is 2.62. The van der Waals surface area contributed by atoms with Crippen molar-refractivity contribution in [1.29, 1.82) is 0 Å². The Hall–Kier alpha value is -5.38. The van der Waals surface area contributed by atoms with Crippen LogP contribution in [0.2, 0.25) is 0 Å². The van der Waals surface area contributed by atoms with E-state index in [1.807, 2.05) is 42.5 Å². The number of carbonyl (C=O) groups excluding carboxylic acids is 4. The molecular weight excluding hydrogens is 767 g/mol. The molecule has 4 aliphatic rings. The van der Waals surface area contributed by atoms with E-state index >= 15 is 0 Å². The van der Waals surface area contributed by atoms with Crippen LogP contribution in [0, 0.1) is 5.92 Å². The van der Waals surface area contributed by atoms with Crippen molar-refractivity contribution in [2.45, 2.75) is 113 Å². The normalized spacial score (nSPS) is 26.2. The molecule has 2 aromatic carbocycles. The van der Waals surface area contributed by atoms with Gasteiger partial charge >= 0.3 is 6.09 Å². The van der Waals surface area contributed by atoms with E-state index < -0.39 is 74.3 Å². The van der Waals surface area contributed by atoms with E-state index in [1.54, 1.807) is 40.0 Å². The molecule has 2 aliphatic carbocycles. The Kier molecular flexibility index (Phi) is 10.3. The van der Waals surface area contributed by atoms with Gasteiger partial charge < -0.3 is 34.2 Å². The molecule has 4 amide bonds. The van der Waals surface area contributed by atoms with Gasteiger partial charge in [-0.3, -0.25) is 19.1 Å². The standard InChI is InChI=1S/C42H49N5O10S/c1-41(2,3)57-40(51)44-30-14-9-7-5-6-8-12-24-22-42(24,39(50)46-58(52,53)27-17-18-27)45-37(48)32-21-26(23-47(32)38(30)49)55-35-28-19-16-25(54-4)20-31(28)43-34-29-13-10-11-15-33(29)56-36(34)35/h8,10-13,15-16,19-20,24,26-27,30,32H,5-7,9,14,17-18,21-23H2,1-4H3,(H,44,51)(H,45,48)(H,46,50)/b12-8-/t24-,26+,30-,32+,42-/m1/s1. The van der Waals surface area contributed by atoms with Crippen LogP contribution >= 0.6 is 0 Å². The number of amides is 4. The largest absolute Gasteiger partial charge is 0.497 e. The molecule has 8 rings (SSSR count). The molecule has 0 radical (unpaired) electrons. The minimum Gasteiger partial charge on any atom is -0.497 e. The van der Waals surface area contributed by atoms with Gasteiger partial charge in [-0.15, -0.1) is 0 Å².